The summed E-state index contributed by atoms with van der Waals surface area (Å²) in [5, 5.41) is 8.83. The molecule has 1 aliphatic carbocycles. The Balaban J connectivity index is 1.27. The van der Waals surface area contributed by atoms with Crippen molar-refractivity contribution in [3.05, 3.63) is 162 Å². The molecule has 0 fully saturated rings. The predicted molar refractivity (Wildman–Crippen MR) is 196 cm³/mol. The van der Waals surface area contributed by atoms with E-state index in [0.717, 1.165) is 28.3 Å². The molecule has 10 rings (SSSR count). The molecule has 0 amide bonds. The predicted octanol–water partition coefficient (Wildman–Crippen LogP) is 10.3. The van der Waals surface area contributed by atoms with Crippen molar-refractivity contribution < 1.29 is 0 Å². The minimum atomic E-state index is -0.266. The van der Waals surface area contributed by atoms with E-state index in [0.29, 0.717) is 0 Å². The molecular weight excluding hydrogens is 573 g/mol. The maximum Gasteiger partial charge on any atom is 0.148 e. The van der Waals surface area contributed by atoms with Crippen molar-refractivity contribution >= 4 is 55.3 Å². The molecule has 0 saturated heterocycles. The molecular formula is C43H32N4. The largest absolute Gasteiger partial charge is 0.346 e. The first-order valence-corrected chi connectivity index (χ1v) is 16.4. The van der Waals surface area contributed by atoms with E-state index in [9.17, 15) is 0 Å². The molecule has 0 saturated carbocycles. The van der Waals surface area contributed by atoms with E-state index < -0.39 is 0 Å². The molecule has 0 radical (unpaired) electrons. The molecule has 1 N–H and O–H groups in total. The van der Waals surface area contributed by atoms with E-state index in [-0.39, 0.29) is 11.6 Å². The molecule has 4 heteroatoms. The van der Waals surface area contributed by atoms with Crippen LogP contribution in [0.2, 0.25) is 0 Å². The van der Waals surface area contributed by atoms with Gasteiger partial charge >= 0.3 is 0 Å². The summed E-state index contributed by atoms with van der Waals surface area (Å²) in [5.41, 5.74) is 11.1. The minimum absolute atomic E-state index is 0.0993. The summed E-state index contributed by atoms with van der Waals surface area (Å²) in [6.45, 7) is 4.71. The summed E-state index contributed by atoms with van der Waals surface area (Å²) in [7, 11) is 0. The number of hydrogen-bond donors (Lipinski definition) is 1. The number of benzene rings is 6. The van der Waals surface area contributed by atoms with E-state index in [1.54, 1.807) is 0 Å². The minimum Gasteiger partial charge on any atom is -0.346 e. The van der Waals surface area contributed by atoms with E-state index >= 15 is 0 Å². The highest BCUT2D eigenvalue weighted by molar-refractivity contribution is 6.18. The van der Waals surface area contributed by atoms with Crippen molar-refractivity contribution in [1.29, 1.82) is 0 Å². The molecule has 1 atom stereocenters. The number of aromatic nitrogens is 2. The highest BCUT2D eigenvalue weighted by Gasteiger charge is 2.36. The van der Waals surface area contributed by atoms with Crippen molar-refractivity contribution in [2.45, 2.75) is 25.4 Å². The van der Waals surface area contributed by atoms with Crippen molar-refractivity contribution in [2.24, 2.45) is 4.99 Å². The van der Waals surface area contributed by atoms with Crippen LogP contribution in [0.3, 0.4) is 0 Å². The standard InChI is InChI=1S/C43H32N4/c1-43(2)34-20-10-6-16-28(34)32-24-33-31-19-9-13-23-38(31)47(39(33)25-35(32)43)41-26-40(44-42(45-41)27-14-4-3-5-15-27)46-36-21-11-7-17-29(36)30-18-8-12-22-37(30)46/h3-26,42,45H,1-2H3. The van der Waals surface area contributed by atoms with Gasteiger partial charge in [0.05, 0.1) is 22.1 Å². The molecule has 2 aromatic heterocycles. The van der Waals surface area contributed by atoms with Gasteiger partial charge in [-0.3, -0.25) is 9.13 Å². The summed E-state index contributed by atoms with van der Waals surface area (Å²) in [6, 6.07) is 50.4. The maximum absolute atomic E-state index is 5.40. The van der Waals surface area contributed by atoms with Gasteiger partial charge in [0.1, 0.15) is 17.8 Å². The third-order valence-electron chi connectivity index (χ3n) is 10.4. The highest BCUT2D eigenvalue weighted by Crippen LogP contribution is 2.51. The zero-order valence-electron chi connectivity index (χ0n) is 26.3. The van der Waals surface area contributed by atoms with Gasteiger partial charge in [0, 0.05) is 33.0 Å². The smallest absolute Gasteiger partial charge is 0.148 e. The SMILES string of the molecule is CC1(C)c2ccccc2-c2cc3c4ccccc4n(C4=CC(n5c6ccccc6c6ccccc65)=NC(c5ccccc5)N4)c3cc21. The van der Waals surface area contributed by atoms with Crippen LogP contribution >= 0.6 is 0 Å². The van der Waals surface area contributed by atoms with Crippen LogP contribution in [-0.2, 0) is 5.41 Å². The second kappa shape index (κ2) is 9.57. The number of rotatable bonds is 2. The van der Waals surface area contributed by atoms with Crippen LogP contribution < -0.4 is 5.32 Å². The molecule has 47 heavy (non-hydrogen) atoms. The van der Waals surface area contributed by atoms with Gasteiger partial charge in [-0.15, -0.1) is 0 Å². The normalized spacial score (nSPS) is 16.7. The lowest BCUT2D eigenvalue weighted by molar-refractivity contribution is 0.642. The molecule has 224 valence electrons. The van der Waals surface area contributed by atoms with E-state index in [2.05, 4.69) is 174 Å². The Morgan fingerprint density at radius 2 is 1.11 bits per heavy atom. The summed E-state index contributed by atoms with van der Waals surface area (Å²) in [4.78, 5) is 5.40. The first kappa shape index (κ1) is 26.4. The molecule has 4 nitrogen and oxygen atoms in total. The van der Waals surface area contributed by atoms with E-state index in [1.165, 1.54) is 54.8 Å². The van der Waals surface area contributed by atoms with Crippen LogP contribution in [0, 0.1) is 0 Å². The topological polar surface area (TPSA) is 34.2 Å². The highest BCUT2D eigenvalue weighted by atomic mass is 15.3. The number of fused-ring (bicyclic) bond motifs is 9. The summed E-state index contributed by atoms with van der Waals surface area (Å²) < 4.78 is 4.75. The summed E-state index contributed by atoms with van der Waals surface area (Å²) in [5.74, 6) is 1.91. The molecule has 6 aromatic carbocycles. The third-order valence-corrected chi connectivity index (χ3v) is 10.4. The van der Waals surface area contributed by atoms with Crippen LogP contribution in [0.5, 0.6) is 0 Å². The Kier molecular flexibility index (Phi) is 5.37. The summed E-state index contributed by atoms with van der Waals surface area (Å²) >= 11 is 0. The Labute approximate surface area is 272 Å². The molecule has 8 aromatic rings. The Morgan fingerprint density at radius 3 is 1.81 bits per heavy atom. The maximum atomic E-state index is 5.40. The Morgan fingerprint density at radius 1 is 0.532 bits per heavy atom. The van der Waals surface area contributed by atoms with Gasteiger partial charge in [-0.1, -0.05) is 123 Å². The van der Waals surface area contributed by atoms with Gasteiger partial charge in [0.15, 0.2) is 0 Å². The van der Waals surface area contributed by atoms with Crippen LogP contribution in [0.4, 0.5) is 0 Å². The lowest BCUT2D eigenvalue weighted by atomic mass is 9.82. The monoisotopic (exact) mass is 604 g/mol. The molecule has 1 unspecified atom stereocenters. The number of aliphatic imine (C=N–C) groups is 1. The van der Waals surface area contributed by atoms with Crippen molar-refractivity contribution in [2.75, 3.05) is 0 Å². The molecule has 0 spiro atoms. The van der Waals surface area contributed by atoms with Gasteiger partial charge in [-0.25, -0.2) is 4.99 Å². The van der Waals surface area contributed by atoms with E-state index in [4.69, 9.17) is 4.99 Å². The van der Waals surface area contributed by atoms with E-state index in [1.807, 2.05) is 0 Å². The fourth-order valence-corrected chi connectivity index (χ4v) is 8.14. The van der Waals surface area contributed by atoms with Crippen LogP contribution in [0.15, 0.2) is 151 Å². The zero-order valence-corrected chi connectivity index (χ0v) is 26.3. The zero-order chi connectivity index (χ0) is 31.3. The molecule has 2 aliphatic rings. The molecule has 0 bridgehead atoms. The summed E-state index contributed by atoms with van der Waals surface area (Å²) in [6.07, 6.45) is 1.97. The average Bonchev–Trinajstić information content (AvgIpc) is 3.71. The molecule has 1 aliphatic heterocycles. The van der Waals surface area contributed by atoms with Crippen LogP contribution in [0.1, 0.15) is 36.7 Å². The fourth-order valence-electron chi connectivity index (χ4n) is 8.14. The van der Waals surface area contributed by atoms with Gasteiger partial charge in [-0.2, -0.15) is 0 Å². The number of nitrogens with zero attached hydrogens (tertiary/aromatic N) is 3. The fraction of sp³-hybridized carbons (Fsp3) is 0.0930. The number of nitrogens with one attached hydrogen (secondary N) is 1. The van der Waals surface area contributed by atoms with Gasteiger partial charge in [-0.05, 0) is 58.1 Å². The van der Waals surface area contributed by atoms with Crippen molar-refractivity contribution in [3.8, 4) is 11.1 Å². The first-order valence-electron chi connectivity index (χ1n) is 16.4. The second-order valence-electron chi connectivity index (χ2n) is 13.3. The second-order valence-corrected chi connectivity index (χ2v) is 13.3. The first-order chi connectivity index (χ1) is 23.1. The van der Waals surface area contributed by atoms with Gasteiger partial charge < -0.3 is 5.32 Å². The molecule has 3 heterocycles. The third kappa shape index (κ3) is 3.67. The van der Waals surface area contributed by atoms with Gasteiger partial charge in [0.2, 0.25) is 0 Å². The Hall–Kier alpha value is -5.87. The Bertz CT molecular complexity index is 2580. The lowest BCUT2D eigenvalue weighted by Crippen LogP contribution is -2.29. The quantitative estimate of drug-likeness (QED) is 0.209. The van der Waals surface area contributed by atoms with Crippen molar-refractivity contribution in [1.82, 2.24) is 14.5 Å². The number of allylic oxidation sites excluding steroid dienone is 1. The van der Waals surface area contributed by atoms with Crippen LogP contribution in [0.25, 0.3) is 60.6 Å². The van der Waals surface area contributed by atoms with Crippen LogP contribution in [-0.4, -0.2) is 15.0 Å². The number of para-hydroxylation sites is 3. The average molecular weight is 605 g/mol. The lowest BCUT2D eigenvalue weighted by Gasteiger charge is -2.27. The van der Waals surface area contributed by atoms with Gasteiger partial charge in [0.25, 0.3) is 0 Å². The number of hydrogen-bond acceptors (Lipinski definition) is 2. The van der Waals surface area contributed by atoms with Crippen molar-refractivity contribution in [3.63, 3.8) is 0 Å².